The van der Waals surface area contributed by atoms with E-state index in [0.29, 0.717) is 35.5 Å². The summed E-state index contributed by atoms with van der Waals surface area (Å²) in [7, 11) is 0. The quantitative estimate of drug-likeness (QED) is 0.367. The van der Waals surface area contributed by atoms with E-state index in [1.54, 1.807) is 35.2 Å². The maximum Gasteiger partial charge on any atom is 0.275 e. The van der Waals surface area contributed by atoms with Gasteiger partial charge < -0.3 is 9.47 Å². The number of ether oxygens (including phenoxy) is 2. The molecule has 0 radical (unpaired) electrons. The fraction of sp³-hybridized carbons (Fsp3) is 0.222. The number of hydrogen-bond donors (Lipinski definition) is 4. The van der Waals surface area contributed by atoms with Crippen molar-refractivity contribution in [2.24, 2.45) is 0 Å². The molecule has 4 N–H and O–H groups in total. The van der Waals surface area contributed by atoms with Gasteiger partial charge in [0, 0.05) is 11.1 Å². The zero-order chi connectivity index (χ0) is 18.3. The predicted molar refractivity (Wildman–Crippen MR) is 87.8 cm³/mol. The largest absolute Gasteiger partial charge is 0.368 e. The van der Waals surface area contributed by atoms with Crippen LogP contribution in [0.25, 0.3) is 11.1 Å². The molecule has 0 spiro atoms. The average Bonchev–Trinajstić information content (AvgIpc) is 3.58. The summed E-state index contributed by atoms with van der Waals surface area (Å²) >= 11 is 0. The van der Waals surface area contributed by atoms with Crippen molar-refractivity contribution in [3.8, 4) is 11.1 Å². The van der Waals surface area contributed by atoms with Crippen LogP contribution in [0.2, 0.25) is 0 Å². The van der Waals surface area contributed by atoms with Crippen LogP contribution >= 0.6 is 0 Å². The molecule has 26 heavy (non-hydrogen) atoms. The van der Waals surface area contributed by atoms with Gasteiger partial charge >= 0.3 is 0 Å². The van der Waals surface area contributed by atoms with E-state index in [-0.39, 0.29) is 12.2 Å². The molecule has 2 unspecified atom stereocenters. The van der Waals surface area contributed by atoms with E-state index in [0.717, 1.165) is 11.1 Å². The van der Waals surface area contributed by atoms with Gasteiger partial charge in [0.05, 0.1) is 13.2 Å². The van der Waals surface area contributed by atoms with E-state index in [4.69, 9.17) is 19.9 Å². The summed E-state index contributed by atoms with van der Waals surface area (Å²) in [5.74, 6) is -1.19. The first kappa shape index (κ1) is 16.7. The summed E-state index contributed by atoms with van der Waals surface area (Å²) in [5.41, 5.74) is 7.03. The third-order valence-corrected chi connectivity index (χ3v) is 4.49. The van der Waals surface area contributed by atoms with Crippen molar-refractivity contribution in [1.82, 2.24) is 11.0 Å². The third-order valence-electron chi connectivity index (χ3n) is 4.49. The highest BCUT2D eigenvalue weighted by atomic mass is 16.6. The SMILES string of the molecule is O=C(NO)c1ccc(-c2ccc(C(=O)NO)c(C3CO3)c2)cc1C1CO1. The molecule has 134 valence electrons. The zero-order valence-corrected chi connectivity index (χ0v) is 13.6. The Labute approximate surface area is 148 Å². The van der Waals surface area contributed by atoms with Crippen LogP contribution in [-0.2, 0) is 9.47 Å². The Morgan fingerprint density at radius 3 is 1.50 bits per heavy atom. The average molecular weight is 356 g/mol. The number of carbonyl (C=O) groups is 2. The molecular weight excluding hydrogens is 340 g/mol. The lowest BCUT2D eigenvalue weighted by molar-refractivity contribution is 0.0700. The van der Waals surface area contributed by atoms with Crippen molar-refractivity contribution in [2.45, 2.75) is 12.2 Å². The first-order valence-corrected chi connectivity index (χ1v) is 8.02. The number of hydroxylamine groups is 2. The van der Waals surface area contributed by atoms with Crippen molar-refractivity contribution in [3.63, 3.8) is 0 Å². The summed E-state index contributed by atoms with van der Waals surface area (Å²) in [4.78, 5) is 23.6. The molecule has 0 saturated carbocycles. The molecule has 8 heteroatoms. The number of nitrogens with one attached hydrogen (secondary N) is 2. The zero-order valence-electron chi connectivity index (χ0n) is 13.6. The number of carbonyl (C=O) groups excluding carboxylic acids is 2. The topological polar surface area (TPSA) is 124 Å². The van der Waals surface area contributed by atoms with Crippen molar-refractivity contribution < 1.29 is 29.5 Å². The van der Waals surface area contributed by atoms with Gasteiger partial charge in [-0.05, 0) is 46.5 Å². The molecule has 0 bridgehead atoms. The highest BCUT2D eigenvalue weighted by Crippen LogP contribution is 2.38. The summed E-state index contributed by atoms with van der Waals surface area (Å²) in [6.07, 6.45) is -0.346. The Morgan fingerprint density at radius 1 is 0.808 bits per heavy atom. The molecule has 2 aliphatic rings. The van der Waals surface area contributed by atoms with E-state index >= 15 is 0 Å². The second-order valence-electron chi connectivity index (χ2n) is 6.13. The molecule has 2 aromatic rings. The Hall–Kier alpha value is -2.78. The van der Waals surface area contributed by atoms with Crippen LogP contribution in [0, 0.1) is 0 Å². The van der Waals surface area contributed by atoms with E-state index in [1.807, 2.05) is 12.1 Å². The first-order valence-electron chi connectivity index (χ1n) is 8.02. The number of rotatable bonds is 5. The van der Waals surface area contributed by atoms with E-state index in [2.05, 4.69) is 0 Å². The molecular formula is C18H16N2O6. The number of amides is 2. The maximum atomic E-state index is 11.8. The Balaban J connectivity index is 1.75. The normalized spacial score (nSPS) is 20.4. The fourth-order valence-electron chi connectivity index (χ4n) is 3.01. The fourth-order valence-corrected chi connectivity index (χ4v) is 3.01. The lowest BCUT2D eigenvalue weighted by atomic mass is 9.94. The van der Waals surface area contributed by atoms with E-state index in [9.17, 15) is 9.59 Å². The van der Waals surface area contributed by atoms with Gasteiger partial charge in [0.15, 0.2) is 0 Å². The van der Waals surface area contributed by atoms with Crippen LogP contribution in [-0.4, -0.2) is 35.4 Å². The van der Waals surface area contributed by atoms with Crippen LogP contribution in [0.1, 0.15) is 44.1 Å². The summed E-state index contributed by atoms with van der Waals surface area (Å²) in [6, 6.07) is 10.4. The molecule has 2 aromatic carbocycles. The van der Waals surface area contributed by atoms with E-state index in [1.165, 1.54) is 0 Å². The minimum absolute atomic E-state index is 0.173. The standard InChI is InChI=1S/C18H16N2O6/c21-17(19-23)11-3-1-9(5-13(11)15-7-25-15)10-2-4-12(18(22)20-24)14(6-10)16-8-26-16/h1-6,15-16,23-24H,7-8H2,(H,19,21)(H,20,22). The van der Waals surface area contributed by atoms with Crippen LogP contribution in [0.4, 0.5) is 0 Å². The minimum atomic E-state index is -0.593. The van der Waals surface area contributed by atoms with Crippen LogP contribution in [0.3, 0.4) is 0 Å². The van der Waals surface area contributed by atoms with Gasteiger partial charge in [0.2, 0.25) is 0 Å². The molecule has 2 aliphatic heterocycles. The Kier molecular flexibility index (Phi) is 4.17. The molecule has 4 rings (SSSR count). The minimum Gasteiger partial charge on any atom is -0.368 e. The summed E-state index contributed by atoms with van der Waals surface area (Å²) in [6.45, 7) is 1.04. The van der Waals surface area contributed by atoms with Gasteiger partial charge in [-0.1, -0.05) is 12.1 Å². The van der Waals surface area contributed by atoms with Gasteiger partial charge in [-0.2, -0.15) is 0 Å². The van der Waals surface area contributed by atoms with Crippen LogP contribution in [0.15, 0.2) is 36.4 Å². The van der Waals surface area contributed by atoms with Gasteiger partial charge in [-0.15, -0.1) is 0 Å². The lowest BCUT2D eigenvalue weighted by Crippen LogP contribution is -2.20. The van der Waals surface area contributed by atoms with Gasteiger partial charge in [-0.25, -0.2) is 11.0 Å². The highest BCUT2D eigenvalue weighted by molar-refractivity contribution is 5.97. The van der Waals surface area contributed by atoms with Gasteiger partial charge in [-0.3, -0.25) is 20.0 Å². The first-order chi connectivity index (χ1) is 12.6. The monoisotopic (exact) mass is 356 g/mol. The van der Waals surface area contributed by atoms with Crippen LogP contribution in [0.5, 0.6) is 0 Å². The predicted octanol–water partition coefficient (Wildman–Crippen LogP) is 1.73. The Morgan fingerprint density at radius 2 is 1.19 bits per heavy atom. The molecule has 0 aromatic heterocycles. The van der Waals surface area contributed by atoms with Crippen LogP contribution < -0.4 is 11.0 Å². The van der Waals surface area contributed by atoms with Gasteiger partial charge in [0.25, 0.3) is 11.8 Å². The Bertz CT molecular complexity index is 816. The lowest BCUT2D eigenvalue weighted by Gasteiger charge is -2.12. The van der Waals surface area contributed by atoms with Gasteiger partial charge in [0.1, 0.15) is 12.2 Å². The molecule has 8 nitrogen and oxygen atoms in total. The highest BCUT2D eigenvalue weighted by Gasteiger charge is 2.31. The number of hydrogen-bond acceptors (Lipinski definition) is 6. The van der Waals surface area contributed by atoms with Crippen molar-refractivity contribution in [2.75, 3.05) is 13.2 Å². The van der Waals surface area contributed by atoms with Crippen molar-refractivity contribution in [3.05, 3.63) is 58.7 Å². The number of epoxide rings is 2. The maximum absolute atomic E-state index is 11.8. The second kappa shape index (κ2) is 6.50. The molecule has 2 atom stereocenters. The van der Waals surface area contributed by atoms with E-state index < -0.39 is 11.8 Å². The molecule has 0 aliphatic carbocycles. The summed E-state index contributed by atoms with van der Waals surface area (Å²) in [5, 5.41) is 17.8. The molecule has 2 fully saturated rings. The summed E-state index contributed by atoms with van der Waals surface area (Å²) < 4.78 is 10.6. The molecule has 2 amide bonds. The number of benzene rings is 2. The molecule has 2 heterocycles. The molecule has 2 saturated heterocycles. The van der Waals surface area contributed by atoms with Crippen molar-refractivity contribution in [1.29, 1.82) is 0 Å². The third kappa shape index (κ3) is 3.06. The second-order valence-corrected chi connectivity index (χ2v) is 6.13. The smallest absolute Gasteiger partial charge is 0.275 e. The van der Waals surface area contributed by atoms with Crippen molar-refractivity contribution >= 4 is 11.8 Å².